The molecule has 0 aliphatic carbocycles. The zero-order valence-electron chi connectivity index (χ0n) is 12.7. The predicted octanol–water partition coefficient (Wildman–Crippen LogP) is 2.60. The van der Waals surface area contributed by atoms with Gasteiger partial charge in [0.05, 0.1) is 12.1 Å². The summed E-state index contributed by atoms with van der Waals surface area (Å²) in [7, 11) is 0. The molecule has 0 atom stereocenters. The van der Waals surface area contributed by atoms with Crippen LogP contribution >= 0.6 is 0 Å². The second kappa shape index (κ2) is 6.97. The van der Waals surface area contributed by atoms with Crippen molar-refractivity contribution in [3.63, 3.8) is 0 Å². The summed E-state index contributed by atoms with van der Waals surface area (Å²) in [6.07, 6.45) is -0.496. The SMILES string of the molecule is Cc1cc(C(=O)O)ccc1OCCNC(=O)OC(C)(C)C. The number of benzene rings is 1. The molecule has 0 bridgehead atoms. The number of hydrogen-bond acceptors (Lipinski definition) is 4. The van der Waals surface area contributed by atoms with Gasteiger partial charge in [0, 0.05) is 0 Å². The average molecular weight is 295 g/mol. The lowest BCUT2D eigenvalue weighted by Crippen LogP contribution is -2.34. The van der Waals surface area contributed by atoms with E-state index in [2.05, 4.69) is 5.32 Å². The third kappa shape index (κ3) is 6.16. The Kier molecular flexibility index (Phi) is 5.58. The Balaban J connectivity index is 2.40. The van der Waals surface area contributed by atoms with Gasteiger partial charge in [-0.15, -0.1) is 0 Å². The summed E-state index contributed by atoms with van der Waals surface area (Å²) in [6, 6.07) is 4.62. The van der Waals surface area contributed by atoms with Crippen LogP contribution < -0.4 is 10.1 Å². The lowest BCUT2D eigenvalue weighted by molar-refractivity contribution is 0.0519. The van der Waals surface area contributed by atoms with E-state index in [0.717, 1.165) is 5.56 Å². The van der Waals surface area contributed by atoms with Gasteiger partial charge in [-0.1, -0.05) is 0 Å². The molecule has 0 aliphatic rings. The number of carbonyl (C=O) groups is 2. The van der Waals surface area contributed by atoms with Crippen LogP contribution in [-0.4, -0.2) is 35.9 Å². The zero-order chi connectivity index (χ0) is 16.0. The molecule has 0 unspecified atom stereocenters. The van der Waals surface area contributed by atoms with Crippen LogP contribution in [0.15, 0.2) is 18.2 Å². The molecule has 0 heterocycles. The average Bonchev–Trinajstić information content (AvgIpc) is 2.33. The van der Waals surface area contributed by atoms with E-state index in [1.807, 2.05) is 0 Å². The van der Waals surface area contributed by atoms with E-state index in [9.17, 15) is 9.59 Å². The molecule has 0 fully saturated rings. The Morgan fingerprint density at radius 2 is 1.95 bits per heavy atom. The molecule has 1 rings (SSSR count). The number of aryl methyl sites for hydroxylation is 1. The van der Waals surface area contributed by atoms with Gasteiger partial charge in [-0.2, -0.15) is 0 Å². The van der Waals surface area contributed by atoms with E-state index in [1.165, 1.54) is 6.07 Å². The monoisotopic (exact) mass is 295 g/mol. The largest absolute Gasteiger partial charge is 0.491 e. The topological polar surface area (TPSA) is 84.9 Å². The summed E-state index contributed by atoms with van der Waals surface area (Å²) >= 11 is 0. The molecule has 0 aliphatic heterocycles. The highest BCUT2D eigenvalue weighted by Crippen LogP contribution is 2.19. The molecule has 0 spiro atoms. The van der Waals surface area contributed by atoms with Crippen LogP contribution in [0.4, 0.5) is 4.79 Å². The van der Waals surface area contributed by atoms with Gasteiger partial charge < -0.3 is 19.9 Å². The van der Waals surface area contributed by atoms with Crippen molar-refractivity contribution in [2.75, 3.05) is 13.2 Å². The highest BCUT2D eigenvalue weighted by atomic mass is 16.6. The van der Waals surface area contributed by atoms with Gasteiger partial charge in [-0.05, 0) is 51.5 Å². The van der Waals surface area contributed by atoms with Crippen molar-refractivity contribution < 1.29 is 24.2 Å². The number of aromatic carboxylic acids is 1. The third-order valence-electron chi connectivity index (χ3n) is 2.45. The maximum Gasteiger partial charge on any atom is 0.407 e. The van der Waals surface area contributed by atoms with Crippen LogP contribution in [0.1, 0.15) is 36.7 Å². The molecule has 1 aromatic carbocycles. The molecule has 6 nitrogen and oxygen atoms in total. The van der Waals surface area contributed by atoms with Crippen LogP contribution in [0.3, 0.4) is 0 Å². The van der Waals surface area contributed by atoms with Crippen molar-refractivity contribution >= 4 is 12.1 Å². The van der Waals surface area contributed by atoms with E-state index in [4.69, 9.17) is 14.6 Å². The Morgan fingerprint density at radius 3 is 2.48 bits per heavy atom. The maximum atomic E-state index is 11.4. The number of carboxylic acids is 1. The highest BCUT2D eigenvalue weighted by Gasteiger charge is 2.15. The van der Waals surface area contributed by atoms with Crippen LogP contribution in [0.5, 0.6) is 5.75 Å². The molecular formula is C15H21NO5. The first-order chi connectivity index (χ1) is 9.69. The molecule has 2 N–H and O–H groups in total. The summed E-state index contributed by atoms with van der Waals surface area (Å²) in [5, 5.41) is 11.4. The molecule has 0 aromatic heterocycles. The number of ether oxygens (including phenoxy) is 2. The van der Waals surface area contributed by atoms with Crippen molar-refractivity contribution in [3.05, 3.63) is 29.3 Å². The van der Waals surface area contributed by atoms with E-state index in [0.29, 0.717) is 12.3 Å². The van der Waals surface area contributed by atoms with Crippen molar-refractivity contribution in [2.24, 2.45) is 0 Å². The fourth-order valence-electron chi connectivity index (χ4n) is 1.57. The maximum absolute atomic E-state index is 11.4. The molecule has 6 heteroatoms. The van der Waals surface area contributed by atoms with Crippen LogP contribution in [0, 0.1) is 6.92 Å². The first kappa shape index (κ1) is 16.8. The number of alkyl carbamates (subject to hydrolysis) is 1. The van der Waals surface area contributed by atoms with E-state index >= 15 is 0 Å². The number of amides is 1. The van der Waals surface area contributed by atoms with Crippen LogP contribution in [-0.2, 0) is 4.74 Å². The number of rotatable bonds is 5. The first-order valence-corrected chi connectivity index (χ1v) is 6.62. The fourth-order valence-corrected chi connectivity index (χ4v) is 1.57. The van der Waals surface area contributed by atoms with Gasteiger partial charge >= 0.3 is 12.1 Å². The number of carboxylic acid groups (broad SMARTS) is 1. The minimum absolute atomic E-state index is 0.215. The zero-order valence-corrected chi connectivity index (χ0v) is 12.7. The van der Waals surface area contributed by atoms with Crippen LogP contribution in [0.2, 0.25) is 0 Å². The van der Waals surface area contributed by atoms with Crippen LogP contribution in [0.25, 0.3) is 0 Å². The Hall–Kier alpha value is -2.24. The third-order valence-corrected chi connectivity index (χ3v) is 2.45. The van der Waals surface area contributed by atoms with Crippen molar-refractivity contribution in [3.8, 4) is 5.75 Å². The normalized spacial score (nSPS) is 10.9. The molecule has 0 saturated carbocycles. The number of carbonyl (C=O) groups excluding carboxylic acids is 1. The molecule has 0 saturated heterocycles. The summed E-state index contributed by atoms with van der Waals surface area (Å²) in [5.41, 5.74) is 0.410. The lowest BCUT2D eigenvalue weighted by atomic mass is 10.1. The second-order valence-corrected chi connectivity index (χ2v) is 5.56. The summed E-state index contributed by atoms with van der Waals surface area (Å²) in [6.45, 7) is 7.70. The number of nitrogens with one attached hydrogen (secondary N) is 1. The predicted molar refractivity (Wildman–Crippen MR) is 77.9 cm³/mol. The van der Waals surface area contributed by atoms with E-state index in [-0.39, 0.29) is 12.2 Å². The Morgan fingerprint density at radius 1 is 1.29 bits per heavy atom. The Bertz CT molecular complexity index is 519. The quantitative estimate of drug-likeness (QED) is 0.816. The molecule has 0 radical (unpaired) electrons. The first-order valence-electron chi connectivity index (χ1n) is 6.62. The van der Waals surface area contributed by atoms with Gasteiger partial charge in [0.15, 0.2) is 0 Å². The summed E-state index contributed by atoms with van der Waals surface area (Å²) < 4.78 is 10.6. The number of hydrogen-bond donors (Lipinski definition) is 2. The molecule has 21 heavy (non-hydrogen) atoms. The van der Waals surface area contributed by atoms with Gasteiger partial charge in [0.25, 0.3) is 0 Å². The summed E-state index contributed by atoms with van der Waals surface area (Å²) in [5.74, 6) is -0.387. The highest BCUT2D eigenvalue weighted by molar-refractivity contribution is 5.88. The molecular weight excluding hydrogens is 274 g/mol. The summed E-state index contributed by atoms with van der Waals surface area (Å²) in [4.78, 5) is 22.2. The Labute approximate surface area is 124 Å². The second-order valence-electron chi connectivity index (χ2n) is 5.56. The van der Waals surface area contributed by atoms with Crippen molar-refractivity contribution in [1.82, 2.24) is 5.32 Å². The molecule has 116 valence electrons. The van der Waals surface area contributed by atoms with Crippen molar-refractivity contribution in [2.45, 2.75) is 33.3 Å². The van der Waals surface area contributed by atoms with E-state index < -0.39 is 17.7 Å². The lowest BCUT2D eigenvalue weighted by Gasteiger charge is -2.19. The fraction of sp³-hybridized carbons (Fsp3) is 0.467. The van der Waals surface area contributed by atoms with Gasteiger partial charge in [0.2, 0.25) is 0 Å². The smallest absolute Gasteiger partial charge is 0.407 e. The molecule has 1 amide bonds. The van der Waals surface area contributed by atoms with Crippen molar-refractivity contribution in [1.29, 1.82) is 0 Å². The van der Waals surface area contributed by atoms with Gasteiger partial charge in [0.1, 0.15) is 18.0 Å². The molecule has 1 aromatic rings. The minimum atomic E-state index is -0.976. The minimum Gasteiger partial charge on any atom is -0.491 e. The van der Waals surface area contributed by atoms with Gasteiger partial charge in [-0.25, -0.2) is 9.59 Å². The van der Waals surface area contributed by atoms with Gasteiger partial charge in [-0.3, -0.25) is 0 Å². The standard InChI is InChI=1S/C15H21NO5/c1-10-9-11(13(17)18)5-6-12(10)20-8-7-16-14(19)21-15(2,3)4/h5-6,9H,7-8H2,1-4H3,(H,16,19)(H,17,18). The van der Waals surface area contributed by atoms with E-state index in [1.54, 1.807) is 39.8 Å².